The fourth-order valence-electron chi connectivity index (χ4n) is 3.69. The second-order valence-corrected chi connectivity index (χ2v) is 9.28. The highest BCUT2D eigenvalue weighted by molar-refractivity contribution is 7.93. The van der Waals surface area contributed by atoms with Crippen molar-refractivity contribution >= 4 is 15.7 Å². The molecule has 2 fully saturated rings. The molecule has 4 heterocycles. The van der Waals surface area contributed by atoms with E-state index in [0.717, 1.165) is 5.69 Å². The van der Waals surface area contributed by atoms with Crippen LogP contribution in [0.5, 0.6) is 6.01 Å². The summed E-state index contributed by atoms with van der Waals surface area (Å²) in [4.78, 5) is 22.2. The van der Waals surface area contributed by atoms with Gasteiger partial charge in [-0.2, -0.15) is 0 Å². The van der Waals surface area contributed by atoms with Crippen molar-refractivity contribution in [1.29, 1.82) is 0 Å². The average molecular weight is 377 g/mol. The molecule has 1 spiro atoms. The molecule has 2 aromatic rings. The monoisotopic (exact) mass is 377 g/mol. The van der Waals surface area contributed by atoms with Gasteiger partial charge in [-0.15, -0.1) is 0 Å². The summed E-state index contributed by atoms with van der Waals surface area (Å²) in [5.74, 6) is -0.290. The predicted molar refractivity (Wildman–Crippen MR) is 91.5 cm³/mol. The summed E-state index contributed by atoms with van der Waals surface area (Å²) in [6.45, 7) is 2.42. The van der Waals surface area contributed by atoms with Crippen molar-refractivity contribution < 1.29 is 22.4 Å². The van der Waals surface area contributed by atoms with E-state index in [0.29, 0.717) is 12.0 Å². The predicted octanol–water partition coefficient (Wildman–Crippen LogP) is 1.09. The number of hydrogen-bond acceptors (Lipinski definition) is 7. The van der Waals surface area contributed by atoms with Crippen LogP contribution in [0.15, 0.2) is 35.3 Å². The van der Waals surface area contributed by atoms with Crippen molar-refractivity contribution in [2.75, 3.05) is 25.4 Å². The fourth-order valence-corrected chi connectivity index (χ4v) is 6.09. The number of amides is 1. The Kier molecular flexibility index (Phi) is 3.98. The first kappa shape index (κ1) is 17.0. The number of sulfone groups is 1. The largest absolute Gasteiger partial charge is 0.472 e. The molecule has 4 rings (SSSR count). The maximum absolute atomic E-state index is 12.7. The topological polar surface area (TPSA) is 103 Å². The lowest BCUT2D eigenvalue weighted by atomic mass is 9.83. The molecule has 1 atom stereocenters. The van der Waals surface area contributed by atoms with Gasteiger partial charge in [-0.25, -0.2) is 18.4 Å². The van der Waals surface area contributed by atoms with E-state index in [4.69, 9.17) is 9.15 Å². The van der Waals surface area contributed by atoms with Gasteiger partial charge >= 0.3 is 6.01 Å². The molecule has 0 aliphatic carbocycles. The third kappa shape index (κ3) is 2.66. The molecule has 0 radical (unpaired) electrons. The number of carbonyl (C=O) groups is 1. The number of aromatic nitrogens is 2. The third-order valence-electron chi connectivity index (χ3n) is 5.26. The standard InChI is InChI=1S/C17H19N3O5S/c1-12-2-5-18-16(19-12)25-9-14-4-7-26(22,23)17(14)10-20(11-17)15(21)13-3-6-24-8-13/h2-3,5-6,8,14H,4,7,9-11H2,1H3. The van der Waals surface area contributed by atoms with E-state index in [1.807, 2.05) is 6.92 Å². The lowest BCUT2D eigenvalue weighted by molar-refractivity contribution is 0.0402. The zero-order valence-corrected chi connectivity index (χ0v) is 15.1. The van der Waals surface area contributed by atoms with Gasteiger partial charge in [0.2, 0.25) is 0 Å². The number of carbonyl (C=O) groups excluding carboxylic acids is 1. The van der Waals surface area contributed by atoms with E-state index in [1.165, 1.54) is 12.5 Å². The van der Waals surface area contributed by atoms with Crippen LogP contribution in [0.4, 0.5) is 0 Å². The Hall–Kier alpha value is -2.42. The molecule has 9 heteroatoms. The van der Waals surface area contributed by atoms with Crippen LogP contribution in [0.2, 0.25) is 0 Å². The number of nitrogens with zero attached hydrogens (tertiary/aromatic N) is 3. The van der Waals surface area contributed by atoms with E-state index in [1.54, 1.807) is 23.2 Å². The van der Waals surface area contributed by atoms with Crippen LogP contribution >= 0.6 is 0 Å². The Labute approximate surface area is 151 Å². The minimum atomic E-state index is -3.28. The molecule has 0 aromatic carbocycles. The number of ether oxygens (including phenoxy) is 1. The first-order valence-electron chi connectivity index (χ1n) is 8.37. The van der Waals surface area contributed by atoms with Crippen molar-refractivity contribution in [3.63, 3.8) is 0 Å². The Morgan fingerprint density at radius 1 is 1.42 bits per heavy atom. The molecule has 0 N–H and O–H groups in total. The highest BCUT2D eigenvalue weighted by atomic mass is 32.2. The molecule has 0 bridgehead atoms. The van der Waals surface area contributed by atoms with Crippen molar-refractivity contribution in [2.24, 2.45) is 5.92 Å². The van der Waals surface area contributed by atoms with E-state index in [9.17, 15) is 13.2 Å². The second kappa shape index (κ2) is 6.08. The summed E-state index contributed by atoms with van der Waals surface area (Å²) in [5, 5.41) is 0. The maximum atomic E-state index is 12.7. The molecule has 2 aliphatic heterocycles. The zero-order valence-electron chi connectivity index (χ0n) is 14.3. The molecule has 1 amide bonds. The molecule has 138 valence electrons. The third-order valence-corrected chi connectivity index (χ3v) is 7.86. The molecule has 0 saturated carbocycles. The SMILES string of the molecule is Cc1ccnc(OCC2CCS(=O)(=O)C23CN(C(=O)c2ccoc2)C3)n1. The fraction of sp³-hybridized carbons (Fsp3) is 0.471. The number of rotatable bonds is 4. The highest BCUT2D eigenvalue weighted by Gasteiger charge is 2.62. The Balaban J connectivity index is 1.47. The van der Waals surface area contributed by atoms with Gasteiger partial charge in [0.15, 0.2) is 9.84 Å². The van der Waals surface area contributed by atoms with Crippen LogP contribution in [0, 0.1) is 12.8 Å². The average Bonchev–Trinajstić information content (AvgIpc) is 3.17. The van der Waals surface area contributed by atoms with Crippen LogP contribution in [0.3, 0.4) is 0 Å². The van der Waals surface area contributed by atoms with Crippen molar-refractivity contribution in [1.82, 2.24) is 14.9 Å². The summed E-state index contributed by atoms with van der Waals surface area (Å²) < 4.78 is 35.0. The van der Waals surface area contributed by atoms with Gasteiger partial charge in [0.25, 0.3) is 5.91 Å². The maximum Gasteiger partial charge on any atom is 0.316 e. The van der Waals surface area contributed by atoms with Crippen molar-refractivity contribution in [3.8, 4) is 6.01 Å². The molecule has 1 unspecified atom stereocenters. The van der Waals surface area contributed by atoms with Crippen LogP contribution in [0.1, 0.15) is 22.5 Å². The Bertz CT molecular complexity index is 920. The van der Waals surface area contributed by atoms with Gasteiger partial charge in [-0.1, -0.05) is 0 Å². The molecule has 2 saturated heterocycles. The summed E-state index contributed by atoms with van der Waals surface area (Å²) in [7, 11) is -3.28. The molecular formula is C17H19N3O5S. The summed E-state index contributed by atoms with van der Waals surface area (Å²) in [5.41, 5.74) is 1.21. The minimum absolute atomic E-state index is 0.115. The molecular weight excluding hydrogens is 358 g/mol. The van der Waals surface area contributed by atoms with Gasteiger partial charge in [0.1, 0.15) is 11.0 Å². The lowest BCUT2D eigenvalue weighted by Crippen LogP contribution is -2.68. The first-order valence-corrected chi connectivity index (χ1v) is 10.0. The zero-order chi connectivity index (χ0) is 18.4. The van der Waals surface area contributed by atoms with Gasteiger partial charge in [0, 0.05) is 30.9 Å². The van der Waals surface area contributed by atoms with Crippen molar-refractivity contribution in [3.05, 3.63) is 42.1 Å². The Morgan fingerprint density at radius 2 is 2.23 bits per heavy atom. The van der Waals surface area contributed by atoms with Crippen LogP contribution in [-0.4, -0.2) is 59.4 Å². The quantitative estimate of drug-likeness (QED) is 0.786. The normalized spacial score (nSPS) is 23.0. The number of likely N-dealkylation sites (tertiary alicyclic amines) is 1. The molecule has 26 heavy (non-hydrogen) atoms. The van der Waals surface area contributed by atoms with Crippen molar-refractivity contribution in [2.45, 2.75) is 18.1 Å². The smallest absolute Gasteiger partial charge is 0.316 e. The molecule has 8 nitrogen and oxygen atoms in total. The van der Waals surface area contributed by atoms with Crippen LogP contribution < -0.4 is 4.74 Å². The second-order valence-electron chi connectivity index (χ2n) is 6.83. The number of aryl methyl sites for hydroxylation is 1. The molecule has 2 aliphatic rings. The van der Waals surface area contributed by atoms with Crippen LogP contribution in [-0.2, 0) is 9.84 Å². The van der Waals surface area contributed by atoms with Gasteiger partial charge < -0.3 is 14.1 Å². The number of hydrogen-bond donors (Lipinski definition) is 0. The van der Waals surface area contributed by atoms with E-state index >= 15 is 0 Å². The van der Waals surface area contributed by atoms with Gasteiger partial charge in [-0.05, 0) is 25.5 Å². The van der Waals surface area contributed by atoms with E-state index < -0.39 is 14.6 Å². The number of furan rings is 1. The Morgan fingerprint density at radius 3 is 2.92 bits per heavy atom. The first-order chi connectivity index (χ1) is 12.4. The van der Waals surface area contributed by atoms with Crippen LogP contribution in [0.25, 0.3) is 0 Å². The lowest BCUT2D eigenvalue weighted by Gasteiger charge is -2.49. The van der Waals surface area contributed by atoms with E-state index in [2.05, 4.69) is 9.97 Å². The summed E-state index contributed by atoms with van der Waals surface area (Å²) in [6, 6.07) is 3.58. The molecule has 2 aromatic heterocycles. The van der Waals surface area contributed by atoms with Gasteiger partial charge in [-0.3, -0.25) is 4.79 Å². The minimum Gasteiger partial charge on any atom is -0.472 e. The highest BCUT2D eigenvalue weighted by Crippen LogP contribution is 2.45. The summed E-state index contributed by atoms with van der Waals surface area (Å²) in [6.07, 6.45) is 4.91. The van der Waals surface area contributed by atoms with Gasteiger partial charge in [0.05, 0.1) is 24.2 Å². The summed E-state index contributed by atoms with van der Waals surface area (Å²) >= 11 is 0. The van der Waals surface area contributed by atoms with E-state index in [-0.39, 0.29) is 43.3 Å².